The van der Waals surface area contributed by atoms with Gasteiger partial charge in [0.25, 0.3) is 0 Å². The number of ether oxygens (including phenoxy) is 2. The van der Waals surface area contributed by atoms with Crippen LogP contribution in [0, 0.1) is 5.82 Å². The molecule has 0 saturated carbocycles. The summed E-state index contributed by atoms with van der Waals surface area (Å²) in [5, 5.41) is 12.5. The maximum atomic E-state index is 14.2. The molecule has 3 aromatic rings. The molecule has 2 N–H and O–H groups in total. The first-order valence-electron chi connectivity index (χ1n) is 10.8. The van der Waals surface area contributed by atoms with Crippen LogP contribution >= 0.6 is 0 Å². The molecule has 176 valence electrons. The smallest absolute Gasteiger partial charge is 0.224 e. The van der Waals surface area contributed by atoms with Gasteiger partial charge in [0.1, 0.15) is 23.1 Å². The van der Waals surface area contributed by atoms with Gasteiger partial charge >= 0.3 is 0 Å². The second-order valence-corrected chi connectivity index (χ2v) is 7.95. The molecule has 6 nitrogen and oxygen atoms in total. The fraction of sp³-hybridized carbons (Fsp3) is 0.222. The fourth-order valence-electron chi connectivity index (χ4n) is 4.21. The van der Waals surface area contributed by atoms with Crippen LogP contribution in [0.5, 0.6) is 11.5 Å². The van der Waals surface area contributed by atoms with Gasteiger partial charge in [0.05, 0.1) is 45.6 Å². The van der Waals surface area contributed by atoms with Crippen molar-refractivity contribution in [3.05, 3.63) is 88.1 Å². The molecule has 0 fully saturated rings. The Morgan fingerprint density at radius 2 is 1.85 bits per heavy atom. The zero-order valence-corrected chi connectivity index (χ0v) is 19.3. The number of halogens is 1. The molecule has 0 unspecified atom stereocenters. The number of fused-ring (bicyclic) bond motifs is 1. The highest BCUT2D eigenvalue weighted by Gasteiger charge is 2.26. The summed E-state index contributed by atoms with van der Waals surface area (Å²) >= 11 is 0. The quantitative estimate of drug-likeness (QED) is 0.493. The Balaban J connectivity index is 1.71. The minimum atomic E-state index is -0.364. The maximum absolute atomic E-state index is 14.2. The number of carbonyl (C=O) groups is 1. The number of nitrogens with one attached hydrogen (secondary N) is 1. The van der Waals surface area contributed by atoms with Crippen molar-refractivity contribution in [2.45, 2.75) is 26.5 Å². The highest BCUT2D eigenvalue weighted by atomic mass is 19.1. The summed E-state index contributed by atoms with van der Waals surface area (Å²) in [5.41, 5.74) is 5.42. The minimum absolute atomic E-state index is 0.108. The zero-order chi connectivity index (χ0) is 24.2. The van der Waals surface area contributed by atoms with Gasteiger partial charge in [0.2, 0.25) is 5.91 Å². The second kappa shape index (κ2) is 9.97. The molecule has 0 spiro atoms. The van der Waals surface area contributed by atoms with Crippen LogP contribution < -0.4 is 14.8 Å². The minimum Gasteiger partial charge on any atom is -0.496 e. The molecule has 34 heavy (non-hydrogen) atoms. The van der Waals surface area contributed by atoms with Crippen molar-refractivity contribution < 1.29 is 28.2 Å². The van der Waals surface area contributed by atoms with Crippen LogP contribution in [0.25, 0.3) is 17.2 Å². The number of aliphatic hydroxyl groups is 1. The van der Waals surface area contributed by atoms with Crippen molar-refractivity contribution in [2.75, 3.05) is 14.2 Å². The lowest BCUT2D eigenvalue weighted by atomic mass is 9.99. The Bertz CT molecular complexity index is 1250. The summed E-state index contributed by atoms with van der Waals surface area (Å²) in [6.45, 7) is 1.99. The third-order valence-electron chi connectivity index (χ3n) is 5.93. The largest absolute Gasteiger partial charge is 0.496 e. The Hall–Kier alpha value is -3.84. The van der Waals surface area contributed by atoms with Crippen molar-refractivity contribution in [3.63, 3.8) is 0 Å². The molecule has 2 aromatic carbocycles. The molecule has 1 aromatic heterocycles. The Labute approximate surface area is 197 Å². The van der Waals surface area contributed by atoms with Gasteiger partial charge in [-0.05, 0) is 82.8 Å². The molecule has 0 bridgehead atoms. The molecule has 0 radical (unpaired) electrons. The molecular formula is C27H26FNO5. The summed E-state index contributed by atoms with van der Waals surface area (Å²) in [7, 11) is 3.06. The van der Waals surface area contributed by atoms with E-state index in [9.17, 15) is 14.3 Å². The molecule has 0 atom stereocenters. The number of furan rings is 1. The maximum Gasteiger partial charge on any atom is 0.224 e. The number of benzene rings is 2. The van der Waals surface area contributed by atoms with Crippen LogP contribution in [0.4, 0.5) is 4.39 Å². The van der Waals surface area contributed by atoms with Crippen LogP contribution in [-0.4, -0.2) is 25.2 Å². The summed E-state index contributed by atoms with van der Waals surface area (Å²) in [6.07, 6.45) is 3.61. The molecule has 1 aliphatic carbocycles. The summed E-state index contributed by atoms with van der Waals surface area (Å²) in [4.78, 5) is 12.7. The number of rotatable bonds is 8. The van der Waals surface area contributed by atoms with Crippen molar-refractivity contribution >= 4 is 23.1 Å². The molecule has 7 heteroatoms. The van der Waals surface area contributed by atoms with E-state index in [1.54, 1.807) is 24.5 Å². The van der Waals surface area contributed by atoms with E-state index >= 15 is 0 Å². The predicted octanol–water partition coefficient (Wildman–Crippen LogP) is 4.96. The highest BCUT2D eigenvalue weighted by molar-refractivity contribution is 6.08. The van der Waals surface area contributed by atoms with E-state index < -0.39 is 0 Å². The van der Waals surface area contributed by atoms with E-state index in [1.165, 1.54) is 26.4 Å². The van der Waals surface area contributed by atoms with Gasteiger partial charge in [-0.15, -0.1) is 0 Å². The van der Waals surface area contributed by atoms with Crippen LogP contribution in [0.15, 0.2) is 58.7 Å². The van der Waals surface area contributed by atoms with E-state index in [-0.39, 0.29) is 31.3 Å². The van der Waals surface area contributed by atoms with E-state index in [4.69, 9.17) is 13.9 Å². The molecule has 4 rings (SSSR count). The Kier molecular flexibility index (Phi) is 6.84. The third kappa shape index (κ3) is 4.61. The number of carbonyl (C=O) groups excluding carboxylic acids is 1. The van der Waals surface area contributed by atoms with Crippen LogP contribution in [0.2, 0.25) is 0 Å². The molecule has 1 aliphatic rings. The van der Waals surface area contributed by atoms with Crippen molar-refractivity contribution in [1.82, 2.24) is 5.32 Å². The molecular weight excluding hydrogens is 437 g/mol. The third-order valence-corrected chi connectivity index (χ3v) is 5.93. The number of allylic oxidation sites excluding steroid dienone is 2. The molecule has 1 heterocycles. The van der Waals surface area contributed by atoms with Gasteiger partial charge < -0.3 is 24.3 Å². The van der Waals surface area contributed by atoms with Crippen LogP contribution in [0.1, 0.15) is 41.4 Å². The topological polar surface area (TPSA) is 80.9 Å². The van der Waals surface area contributed by atoms with Crippen molar-refractivity contribution in [1.29, 1.82) is 0 Å². The van der Waals surface area contributed by atoms with E-state index in [0.717, 1.165) is 27.8 Å². The summed E-state index contributed by atoms with van der Waals surface area (Å²) in [5.74, 6) is 1.12. The lowest BCUT2D eigenvalue weighted by Gasteiger charge is -2.13. The number of hydrogen-bond acceptors (Lipinski definition) is 5. The zero-order valence-electron chi connectivity index (χ0n) is 19.3. The van der Waals surface area contributed by atoms with Gasteiger partial charge in [-0.3, -0.25) is 4.79 Å². The van der Waals surface area contributed by atoms with Gasteiger partial charge in [-0.2, -0.15) is 0 Å². The average Bonchev–Trinajstić information content (AvgIpc) is 3.45. The summed E-state index contributed by atoms with van der Waals surface area (Å²) < 4.78 is 30.3. The van der Waals surface area contributed by atoms with E-state index in [1.807, 2.05) is 25.1 Å². The van der Waals surface area contributed by atoms with Gasteiger partial charge in [0.15, 0.2) is 0 Å². The van der Waals surface area contributed by atoms with E-state index in [0.29, 0.717) is 28.4 Å². The normalized spacial score (nSPS) is 13.9. The first-order valence-corrected chi connectivity index (χ1v) is 10.8. The van der Waals surface area contributed by atoms with Gasteiger partial charge in [-0.25, -0.2) is 4.39 Å². The lowest BCUT2D eigenvalue weighted by Crippen LogP contribution is -2.22. The Morgan fingerprint density at radius 1 is 1.12 bits per heavy atom. The SMILES string of the molecule is COc1cc(C=C2C(C)=C(CC(=O)NCc3ccco3)c3cc(F)ccc32)cc(OC)c1CO. The second-order valence-electron chi connectivity index (χ2n) is 7.95. The molecule has 0 aliphatic heterocycles. The van der Waals surface area contributed by atoms with Gasteiger partial charge in [-0.1, -0.05) is 6.07 Å². The predicted molar refractivity (Wildman–Crippen MR) is 128 cm³/mol. The van der Waals surface area contributed by atoms with E-state index in [2.05, 4.69) is 5.32 Å². The Morgan fingerprint density at radius 3 is 2.47 bits per heavy atom. The molecule has 0 saturated heterocycles. The number of hydrogen-bond donors (Lipinski definition) is 2. The van der Waals surface area contributed by atoms with Crippen molar-refractivity contribution in [3.8, 4) is 11.5 Å². The monoisotopic (exact) mass is 463 g/mol. The van der Waals surface area contributed by atoms with Crippen molar-refractivity contribution in [2.24, 2.45) is 0 Å². The number of amides is 1. The first-order chi connectivity index (χ1) is 16.4. The fourth-order valence-corrected chi connectivity index (χ4v) is 4.21. The number of aliphatic hydroxyl groups excluding tert-OH is 1. The standard InChI is InChI=1S/C27H26FNO5/c1-16-21(9-17-10-25(32-2)24(15-30)26(11-17)33-3)20-7-6-18(28)12-23(20)22(16)13-27(31)29-14-19-5-4-8-34-19/h4-12,30H,13-15H2,1-3H3,(H,29,31). The number of methoxy groups -OCH3 is 2. The first kappa shape index (κ1) is 23.3. The van der Waals surface area contributed by atoms with Crippen LogP contribution in [-0.2, 0) is 17.9 Å². The highest BCUT2D eigenvalue weighted by Crippen LogP contribution is 2.44. The molecule has 1 amide bonds. The van der Waals surface area contributed by atoms with Crippen LogP contribution in [0.3, 0.4) is 0 Å². The average molecular weight is 464 g/mol. The van der Waals surface area contributed by atoms with Gasteiger partial charge in [0, 0.05) is 0 Å². The lowest BCUT2D eigenvalue weighted by molar-refractivity contribution is -0.120. The summed E-state index contributed by atoms with van der Waals surface area (Å²) in [6, 6.07) is 11.8.